The summed E-state index contributed by atoms with van der Waals surface area (Å²) in [6.45, 7) is -3.27. The normalized spacial score (nSPS) is 10.9. The van der Waals surface area contributed by atoms with Crippen LogP contribution >= 0.6 is 11.3 Å². The molecule has 0 spiro atoms. The third-order valence-electron chi connectivity index (χ3n) is 1.93. The van der Waals surface area contributed by atoms with E-state index in [0.717, 1.165) is 12.1 Å². The van der Waals surface area contributed by atoms with Crippen LogP contribution in [0.3, 0.4) is 0 Å². The zero-order valence-electron chi connectivity index (χ0n) is 8.16. The highest BCUT2D eigenvalue weighted by atomic mass is 32.1. The van der Waals surface area contributed by atoms with Crippen LogP contribution in [0.5, 0.6) is 5.75 Å². The zero-order chi connectivity index (χ0) is 12.4. The van der Waals surface area contributed by atoms with Crippen molar-refractivity contribution in [1.29, 1.82) is 0 Å². The molecule has 0 unspecified atom stereocenters. The second-order valence-electron chi connectivity index (χ2n) is 3.02. The molecule has 0 amide bonds. The number of hydrogen-bond acceptors (Lipinski definition) is 3. The predicted molar refractivity (Wildman–Crippen MR) is 54.1 cm³/mol. The number of thiazole rings is 1. The van der Waals surface area contributed by atoms with E-state index in [1.165, 1.54) is 16.8 Å². The Bertz CT molecular complexity index is 492. The Balaban J connectivity index is 2.42. The highest BCUT2D eigenvalue weighted by molar-refractivity contribution is 7.07. The van der Waals surface area contributed by atoms with Gasteiger partial charge in [0.1, 0.15) is 0 Å². The molecule has 0 radical (unpaired) electrons. The van der Waals surface area contributed by atoms with E-state index in [0.29, 0.717) is 5.69 Å². The smallest absolute Gasteiger partial charge is 0.387 e. The quantitative estimate of drug-likeness (QED) is 0.788. The largest absolute Gasteiger partial charge is 0.429 e. The monoisotopic (exact) mass is 263 g/mol. The standard InChI is InChI=1S/C10H5F4NOS/c11-6-1-5(8-3-17-4-15-8)2-7(12)9(6)16-10(13)14/h1-4,10H. The molecule has 0 bridgehead atoms. The molecule has 0 saturated carbocycles. The third-order valence-corrected chi connectivity index (χ3v) is 2.52. The molecule has 0 N–H and O–H groups in total. The molecule has 1 aromatic heterocycles. The van der Waals surface area contributed by atoms with Crippen LogP contribution in [0.15, 0.2) is 23.0 Å². The molecule has 1 aromatic carbocycles. The maximum atomic E-state index is 13.3. The van der Waals surface area contributed by atoms with E-state index in [1.807, 2.05) is 0 Å². The lowest BCUT2D eigenvalue weighted by molar-refractivity contribution is -0.0546. The van der Waals surface area contributed by atoms with Gasteiger partial charge in [0.05, 0.1) is 11.2 Å². The van der Waals surface area contributed by atoms with Crippen molar-refractivity contribution < 1.29 is 22.3 Å². The fraction of sp³-hybridized carbons (Fsp3) is 0.100. The summed E-state index contributed by atoms with van der Waals surface area (Å²) in [5, 5.41) is 1.59. The number of benzene rings is 1. The lowest BCUT2D eigenvalue weighted by atomic mass is 10.1. The Labute approximate surface area is 97.5 Å². The first-order valence-electron chi connectivity index (χ1n) is 4.40. The maximum Gasteiger partial charge on any atom is 0.387 e. The first-order valence-corrected chi connectivity index (χ1v) is 5.34. The summed E-state index contributed by atoms with van der Waals surface area (Å²) in [6.07, 6.45) is 0. The fourth-order valence-corrected chi connectivity index (χ4v) is 1.83. The molecule has 1 heterocycles. The van der Waals surface area contributed by atoms with Gasteiger partial charge in [0.15, 0.2) is 17.4 Å². The summed E-state index contributed by atoms with van der Waals surface area (Å²) < 4.78 is 54.2. The van der Waals surface area contributed by atoms with Gasteiger partial charge in [-0.2, -0.15) is 8.78 Å². The highest BCUT2D eigenvalue weighted by Gasteiger charge is 2.17. The topological polar surface area (TPSA) is 22.1 Å². The summed E-state index contributed by atoms with van der Waals surface area (Å²) in [7, 11) is 0. The minimum Gasteiger partial charge on any atom is -0.429 e. The van der Waals surface area contributed by atoms with Gasteiger partial charge in [0.2, 0.25) is 0 Å². The average Bonchev–Trinajstić information content (AvgIpc) is 2.76. The van der Waals surface area contributed by atoms with Crippen molar-refractivity contribution in [1.82, 2.24) is 4.98 Å². The van der Waals surface area contributed by atoms with E-state index in [4.69, 9.17) is 0 Å². The molecule has 2 rings (SSSR count). The molecule has 7 heteroatoms. The van der Waals surface area contributed by atoms with Crippen LogP contribution in [0.1, 0.15) is 0 Å². The van der Waals surface area contributed by atoms with E-state index < -0.39 is 24.0 Å². The Kier molecular flexibility index (Phi) is 3.28. The van der Waals surface area contributed by atoms with Crippen LogP contribution in [-0.2, 0) is 0 Å². The number of alkyl halides is 2. The van der Waals surface area contributed by atoms with Crippen molar-refractivity contribution in [2.45, 2.75) is 6.61 Å². The van der Waals surface area contributed by atoms with Gasteiger partial charge in [0.25, 0.3) is 0 Å². The van der Waals surface area contributed by atoms with Gasteiger partial charge in [-0.05, 0) is 12.1 Å². The Hall–Kier alpha value is -1.63. The van der Waals surface area contributed by atoms with Gasteiger partial charge < -0.3 is 4.74 Å². The first-order chi connectivity index (χ1) is 8.08. The lowest BCUT2D eigenvalue weighted by Crippen LogP contribution is -2.06. The molecular weight excluding hydrogens is 258 g/mol. The van der Waals surface area contributed by atoms with Crippen LogP contribution in [0, 0.1) is 11.6 Å². The van der Waals surface area contributed by atoms with Gasteiger partial charge in [-0.3, -0.25) is 0 Å². The molecule has 90 valence electrons. The number of rotatable bonds is 3. The molecular formula is C10H5F4NOS. The minimum atomic E-state index is -3.27. The van der Waals surface area contributed by atoms with E-state index in [1.54, 1.807) is 5.38 Å². The minimum absolute atomic E-state index is 0.169. The fourth-order valence-electron chi connectivity index (χ4n) is 1.26. The van der Waals surface area contributed by atoms with Crippen LogP contribution < -0.4 is 4.74 Å². The Morgan fingerprint density at radius 1 is 1.18 bits per heavy atom. The highest BCUT2D eigenvalue weighted by Crippen LogP contribution is 2.29. The molecule has 2 nitrogen and oxygen atoms in total. The van der Waals surface area contributed by atoms with E-state index in [2.05, 4.69) is 9.72 Å². The molecule has 0 fully saturated rings. The van der Waals surface area contributed by atoms with Crippen molar-refractivity contribution in [3.63, 3.8) is 0 Å². The van der Waals surface area contributed by atoms with Gasteiger partial charge in [0, 0.05) is 10.9 Å². The van der Waals surface area contributed by atoms with Crippen molar-refractivity contribution >= 4 is 11.3 Å². The van der Waals surface area contributed by atoms with Gasteiger partial charge in [-0.25, -0.2) is 13.8 Å². The van der Waals surface area contributed by atoms with Crippen LogP contribution in [0.2, 0.25) is 0 Å². The second-order valence-corrected chi connectivity index (χ2v) is 3.74. The lowest BCUT2D eigenvalue weighted by Gasteiger charge is -2.08. The SMILES string of the molecule is Fc1cc(-c2cscn2)cc(F)c1OC(F)F. The van der Waals surface area contributed by atoms with Gasteiger partial charge >= 0.3 is 6.61 Å². The zero-order valence-corrected chi connectivity index (χ0v) is 8.98. The average molecular weight is 263 g/mol. The third kappa shape index (κ3) is 2.55. The molecule has 0 aliphatic heterocycles. The van der Waals surface area contributed by atoms with Crippen molar-refractivity contribution in [2.24, 2.45) is 0 Å². The number of ether oxygens (including phenoxy) is 1. The van der Waals surface area contributed by atoms with Gasteiger partial charge in [-0.1, -0.05) is 0 Å². The number of nitrogens with zero attached hydrogens (tertiary/aromatic N) is 1. The summed E-state index contributed by atoms with van der Waals surface area (Å²) >= 11 is 1.25. The van der Waals surface area contributed by atoms with Gasteiger partial charge in [-0.15, -0.1) is 11.3 Å². The molecule has 0 aliphatic rings. The summed E-state index contributed by atoms with van der Waals surface area (Å²) in [5.74, 6) is -3.46. The number of aromatic nitrogens is 1. The van der Waals surface area contributed by atoms with Crippen molar-refractivity contribution in [2.75, 3.05) is 0 Å². The predicted octanol–water partition coefficient (Wildman–Crippen LogP) is 3.69. The Morgan fingerprint density at radius 2 is 1.82 bits per heavy atom. The molecule has 2 aromatic rings. The van der Waals surface area contributed by atoms with Crippen LogP contribution in [0.25, 0.3) is 11.3 Å². The maximum absolute atomic E-state index is 13.3. The summed E-state index contributed by atoms with van der Waals surface area (Å²) in [4.78, 5) is 3.86. The van der Waals surface area contributed by atoms with E-state index in [-0.39, 0.29) is 5.56 Å². The van der Waals surface area contributed by atoms with Crippen LogP contribution in [-0.4, -0.2) is 11.6 Å². The van der Waals surface area contributed by atoms with Crippen molar-refractivity contribution in [3.8, 4) is 17.0 Å². The van der Waals surface area contributed by atoms with Crippen molar-refractivity contribution in [3.05, 3.63) is 34.7 Å². The summed E-state index contributed by atoms with van der Waals surface area (Å²) in [6, 6.07) is 1.80. The molecule has 0 aliphatic carbocycles. The summed E-state index contributed by atoms with van der Waals surface area (Å²) in [5.41, 5.74) is 2.04. The van der Waals surface area contributed by atoms with E-state index in [9.17, 15) is 17.6 Å². The number of hydrogen-bond donors (Lipinski definition) is 0. The molecule has 0 atom stereocenters. The first kappa shape index (κ1) is 11.8. The molecule has 17 heavy (non-hydrogen) atoms. The number of halogens is 4. The molecule has 0 saturated heterocycles. The Morgan fingerprint density at radius 3 is 2.29 bits per heavy atom. The van der Waals surface area contributed by atoms with E-state index >= 15 is 0 Å². The van der Waals surface area contributed by atoms with Crippen LogP contribution in [0.4, 0.5) is 17.6 Å². The second kappa shape index (κ2) is 4.70.